The molecule has 0 saturated carbocycles. The van der Waals surface area contributed by atoms with Gasteiger partial charge in [-0.2, -0.15) is 0 Å². The molecule has 4 amide bonds. The van der Waals surface area contributed by atoms with E-state index in [1.165, 1.54) is 18.2 Å². The van der Waals surface area contributed by atoms with E-state index in [9.17, 15) is 23.6 Å². The normalized spacial score (nSPS) is 18.4. The Morgan fingerprint density at radius 1 is 1.10 bits per heavy atom. The molecule has 2 aromatic rings. The summed E-state index contributed by atoms with van der Waals surface area (Å²) in [5.41, 5.74) is -0.967. The summed E-state index contributed by atoms with van der Waals surface area (Å²) >= 11 is 0. The van der Waals surface area contributed by atoms with Crippen LogP contribution in [0.1, 0.15) is 18.4 Å². The van der Waals surface area contributed by atoms with Crippen molar-refractivity contribution in [1.29, 1.82) is 0 Å². The van der Waals surface area contributed by atoms with Crippen LogP contribution in [0.5, 0.6) is 0 Å². The van der Waals surface area contributed by atoms with Crippen molar-refractivity contribution < 1.29 is 28.7 Å². The first-order chi connectivity index (χ1) is 13.8. The van der Waals surface area contributed by atoms with Gasteiger partial charge in [0.05, 0.1) is 0 Å². The van der Waals surface area contributed by atoms with E-state index in [1.54, 1.807) is 30.3 Å². The van der Waals surface area contributed by atoms with E-state index in [2.05, 4.69) is 10.6 Å². The quantitative estimate of drug-likeness (QED) is 0.617. The lowest BCUT2D eigenvalue weighted by molar-refractivity contribution is -0.138. The number of halogens is 1. The molecule has 29 heavy (non-hydrogen) atoms. The number of carboxylic acids is 1. The molecule has 1 atom stereocenters. The topological polar surface area (TPSA) is 116 Å². The van der Waals surface area contributed by atoms with Crippen LogP contribution in [-0.2, 0) is 19.9 Å². The minimum absolute atomic E-state index is 0.168. The zero-order chi connectivity index (χ0) is 21.0. The van der Waals surface area contributed by atoms with Crippen LogP contribution in [0.25, 0.3) is 0 Å². The van der Waals surface area contributed by atoms with Gasteiger partial charge in [-0.1, -0.05) is 36.4 Å². The second kappa shape index (κ2) is 8.09. The summed E-state index contributed by atoms with van der Waals surface area (Å²) in [5.74, 6) is -3.08. The number of urea groups is 1. The zero-order valence-corrected chi connectivity index (χ0v) is 15.2. The number of rotatable bonds is 7. The molecule has 150 valence electrons. The number of amides is 4. The van der Waals surface area contributed by atoms with Gasteiger partial charge in [-0.05, 0) is 30.2 Å². The highest BCUT2D eigenvalue weighted by atomic mass is 19.1. The van der Waals surface area contributed by atoms with Crippen LogP contribution in [0, 0.1) is 5.82 Å². The van der Waals surface area contributed by atoms with Crippen molar-refractivity contribution >= 4 is 29.5 Å². The highest BCUT2D eigenvalue weighted by Gasteiger charge is 2.52. The number of nitrogens with one attached hydrogen (secondary N) is 2. The molecule has 1 saturated heterocycles. The molecule has 0 radical (unpaired) electrons. The summed E-state index contributed by atoms with van der Waals surface area (Å²) in [7, 11) is 0. The fourth-order valence-electron chi connectivity index (χ4n) is 3.21. The second-order valence-electron chi connectivity index (χ2n) is 6.55. The van der Waals surface area contributed by atoms with Crippen LogP contribution in [-0.4, -0.2) is 40.4 Å². The maximum atomic E-state index is 13.3. The van der Waals surface area contributed by atoms with Crippen LogP contribution in [0.4, 0.5) is 14.9 Å². The molecule has 9 heteroatoms. The predicted molar refractivity (Wildman–Crippen MR) is 100 cm³/mol. The fourth-order valence-corrected chi connectivity index (χ4v) is 3.21. The van der Waals surface area contributed by atoms with Gasteiger partial charge in [0.1, 0.15) is 17.9 Å². The summed E-state index contributed by atoms with van der Waals surface area (Å²) in [4.78, 5) is 49.7. The fraction of sp³-hybridized carbons (Fsp3) is 0.200. The van der Waals surface area contributed by atoms with Gasteiger partial charge in [-0.15, -0.1) is 0 Å². The smallest absolute Gasteiger partial charge is 0.325 e. The number of carboxylic acid groups (broad SMARTS) is 1. The van der Waals surface area contributed by atoms with Crippen LogP contribution in [0.15, 0.2) is 54.6 Å². The number of carbonyl (C=O) groups is 4. The number of hydrogen-bond acceptors (Lipinski definition) is 4. The third-order valence-electron chi connectivity index (χ3n) is 4.57. The number of imide groups is 1. The predicted octanol–water partition coefficient (Wildman–Crippen LogP) is 2.08. The Morgan fingerprint density at radius 2 is 1.83 bits per heavy atom. The Balaban J connectivity index is 1.82. The zero-order valence-electron chi connectivity index (χ0n) is 15.2. The maximum Gasteiger partial charge on any atom is 0.325 e. The van der Waals surface area contributed by atoms with E-state index in [4.69, 9.17) is 5.11 Å². The highest BCUT2D eigenvalue weighted by molar-refractivity contribution is 6.10. The number of aliphatic carboxylic acids is 1. The lowest BCUT2D eigenvalue weighted by atomic mass is 9.85. The molecule has 8 nitrogen and oxygen atoms in total. The first-order valence-electron chi connectivity index (χ1n) is 8.79. The first-order valence-corrected chi connectivity index (χ1v) is 8.79. The van der Waals surface area contributed by atoms with Gasteiger partial charge in [0, 0.05) is 12.1 Å². The largest absolute Gasteiger partial charge is 0.481 e. The SMILES string of the molecule is O=C(O)CC[C@]1(c2ccccc2)NC(=O)N(CC(=O)Nc2cccc(F)c2)C1=O. The number of carbonyl (C=O) groups excluding carboxylic acids is 3. The van der Waals surface area contributed by atoms with E-state index in [-0.39, 0.29) is 18.5 Å². The van der Waals surface area contributed by atoms with Crippen molar-refractivity contribution in [1.82, 2.24) is 10.2 Å². The summed E-state index contributed by atoms with van der Waals surface area (Å²) < 4.78 is 13.3. The minimum atomic E-state index is -1.57. The third-order valence-corrected chi connectivity index (χ3v) is 4.57. The monoisotopic (exact) mass is 399 g/mol. The Labute approximate surface area is 165 Å². The number of benzene rings is 2. The van der Waals surface area contributed by atoms with Crippen molar-refractivity contribution in [3.05, 3.63) is 66.0 Å². The van der Waals surface area contributed by atoms with Gasteiger partial charge in [0.2, 0.25) is 5.91 Å². The lowest BCUT2D eigenvalue weighted by Crippen LogP contribution is -2.45. The van der Waals surface area contributed by atoms with Crippen molar-refractivity contribution in [2.75, 3.05) is 11.9 Å². The van der Waals surface area contributed by atoms with Crippen LogP contribution >= 0.6 is 0 Å². The molecule has 2 aromatic carbocycles. The average Bonchev–Trinajstić information content (AvgIpc) is 2.92. The Hall–Kier alpha value is -3.75. The first kappa shape index (κ1) is 20.0. The van der Waals surface area contributed by atoms with E-state index < -0.39 is 41.7 Å². The molecule has 0 unspecified atom stereocenters. The summed E-state index contributed by atoms with van der Waals surface area (Å²) in [6.45, 7) is -0.594. The maximum absolute atomic E-state index is 13.3. The number of anilines is 1. The van der Waals surface area contributed by atoms with Crippen molar-refractivity contribution in [3.63, 3.8) is 0 Å². The molecule has 0 bridgehead atoms. The summed E-state index contributed by atoms with van der Waals surface area (Å²) in [6, 6.07) is 12.6. The summed E-state index contributed by atoms with van der Waals surface area (Å²) in [5, 5.41) is 14.0. The van der Waals surface area contributed by atoms with Crippen molar-refractivity contribution in [3.8, 4) is 0 Å². The van der Waals surface area contributed by atoms with Crippen LogP contribution in [0.3, 0.4) is 0 Å². The molecular formula is C20H18FN3O5. The third kappa shape index (κ3) is 4.23. The van der Waals surface area contributed by atoms with E-state index in [1.807, 2.05) is 0 Å². The molecule has 0 spiro atoms. The molecule has 1 aliphatic heterocycles. The van der Waals surface area contributed by atoms with Gasteiger partial charge in [0.15, 0.2) is 0 Å². The van der Waals surface area contributed by atoms with E-state index >= 15 is 0 Å². The lowest BCUT2D eigenvalue weighted by Gasteiger charge is -2.26. The molecule has 1 aliphatic rings. The van der Waals surface area contributed by atoms with Crippen molar-refractivity contribution in [2.45, 2.75) is 18.4 Å². The van der Waals surface area contributed by atoms with Crippen LogP contribution in [0.2, 0.25) is 0 Å². The van der Waals surface area contributed by atoms with E-state index in [0.717, 1.165) is 11.0 Å². The molecule has 3 N–H and O–H groups in total. The minimum Gasteiger partial charge on any atom is -0.481 e. The van der Waals surface area contributed by atoms with E-state index in [0.29, 0.717) is 5.56 Å². The standard InChI is InChI=1S/C20H18FN3O5/c21-14-7-4-8-15(11-14)22-16(25)12-24-18(28)20(23-19(24)29,10-9-17(26)27)13-5-2-1-3-6-13/h1-8,11H,9-10,12H2,(H,22,25)(H,23,29)(H,26,27)/t20-/m1/s1. The Kier molecular flexibility index (Phi) is 5.58. The van der Waals surface area contributed by atoms with Gasteiger partial charge in [0.25, 0.3) is 5.91 Å². The van der Waals surface area contributed by atoms with Gasteiger partial charge in [-0.25, -0.2) is 9.18 Å². The number of hydrogen-bond donors (Lipinski definition) is 3. The molecule has 1 fully saturated rings. The molecular weight excluding hydrogens is 381 g/mol. The van der Waals surface area contributed by atoms with Crippen LogP contribution < -0.4 is 10.6 Å². The second-order valence-corrected chi connectivity index (χ2v) is 6.55. The molecule has 0 aliphatic carbocycles. The Bertz CT molecular complexity index is 966. The van der Waals surface area contributed by atoms with Crippen molar-refractivity contribution in [2.24, 2.45) is 0 Å². The molecule has 3 rings (SSSR count). The number of nitrogens with zero attached hydrogens (tertiary/aromatic N) is 1. The average molecular weight is 399 g/mol. The molecule has 1 heterocycles. The molecule has 0 aromatic heterocycles. The van der Waals surface area contributed by atoms with Gasteiger partial charge < -0.3 is 15.7 Å². The Morgan fingerprint density at radius 3 is 2.48 bits per heavy atom. The van der Waals surface area contributed by atoms with Gasteiger partial charge >= 0.3 is 12.0 Å². The summed E-state index contributed by atoms with van der Waals surface area (Å²) in [6.07, 6.45) is -0.525. The van der Waals surface area contributed by atoms with Gasteiger partial charge in [-0.3, -0.25) is 19.3 Å². The highest BCUT2D eigenvalue weighted by Crippen LogP contribution is 2.33.